The molecule has 4 aromatic rings. The van der Waals surface area contributed by atoms with Gasteiger partial charge in [0.25, 0.3) is 0 Å². The Morgan fingerprint density at radius 2 is 1.93 bits per heavy atom. The number of aryl methyl sites for hydroxylation is 1. The smallest absolute Gasteiger partial charge is 0.338 e. The fourth-order valence-electron chi connectivity index (χ4n) is 3.23. The van der Waals surface area contributed by atoms with Crippen molar-refractivity contribution in [2.45, 2.75) is 13.5 Å². The Kier molecular flexibility index (Phi) is 4.49. The molecule has 2 aromatic carbocycles. The van der Waals surface area contributed by atoms with Crippen molar-refractivity contribution in [3.8, 4) is 0 Å². The second-order valence-electron chi connectivity index (χ2n) is 6.39. The van der Waals surface area contributed by atoms with Crippen molar-refractivity contribution < 1.29 is 13.8 Å². The molecule has 2 heterocycles. The SMILES string of the molecule is Cc1noc(/C=C/c2cn(Cc3ccccc3F)c3ccccc23)c1[N+](=O)[O-]. The van der Waals surface area contributed by atoms with Gasteiger partial charge < -0.3 is 9.09 Å². The van der Waals surface area contributed by atoms with E-state index < -0.39 is 4.92 Å². The molecule has 0 amide bonds. The van der Waals surface area contributed by atoms with E-state index in [9.17, 15) is 14.5 Å². The maximum absolute atomic E-state index is 14.1. The Bertz CT molecular complexity index is 1210. The number of hydrogen-bond donors (Lipinski definition) is 0. The van der Waals surface area contributed by atoms with Gasteiger partial charge in [-0.15, -0.1) is 0 Å². The third kappa shape index (κ3) is 3.18. The van der Waals surface area contributed by atoms with Gasteiger partial charge in [0.15, 0.2) is 5.69 Å². The molecule has 0 unspecified atom stereocenters. The van der Waals surface area contributed by atoms with Crippen LogP contribution in [0.5, 0.6) is 0 Å². The van der Waals surface area contributed by atoms with Gasteiger partial charge in [0.05, 0.1) is 11.5 Å². The fraction of sp³-hybridized carbons (Fsp3) is 0.0952. The Morgan fingerprint density at radius 3 is 2.71 bits per heavy atom. The third-order valence-electron chi connectivity index (χ3n) is 4.57. The van der Waals surface area contributed by atoms with Crippen molar-refractivity contribution in [2.24, 2.45) is 0 Å². The highest BCUT2D eigenvalue weighted by atomic mass is 19.1. The van der Waals surface area contributed by atoms with Crippen molar-refractivity contribution in [3.05, 3.63) is 93.2 Å². The highest BCUT2D eigenvalue weighted by molar-refractivity contribution is 5.92. The third-order valence-corrected chi connectivity index (χ3v) is 4.57. The maximum Gasteiger partial charge on any atom is 0.338 e. The van der Waals surface area contributed by atoms with Gasteiger partial charge in [-0.3, -0.25) is 10.1 Å². The lowest BCUT2D eigenvalue weighted by Crippen LogP contribution is -2.00. The molecule has 0 spiro atoms. The predicted molar refractivity (Wildman–Crippen MR) is 104 cm³/mol. The number of para-hydroxylation sites is 1. The van der Waals surface area contributed by atoms with E-state index in [1.54, 1.807) is 24.3 Å². The molecule has 0 bridgehead atoms. The van der Waals surface area contributed by atoms with Gasteiger partial charge in [-0.05, 0) is 31.2 Å². The minimum Gasteiger partial charge on any atom is -0.349 e. The first-order valence-corrected chi connectivity index (χ1v) is 8.64. The van der Waals surface area contributed by atoms with E-state index >= 15 is 0 Å². The van der Waals surface area contributed by atoms with E-state index in [1.807, 2.05) is 35.0 Å². The van der Waals surface area contributed by atoms with E-state index in [4.69, 9.17) is 4.52 Å². The summed E-state index contributed by atoms with van der Waals surface area (Å²) in [7, 11) is 0. The van der Waals surface area contributed by atoms with Crippen molar-refractivity contribution in [1.82, 2.24) is 9.72 Å². The summed E-state index contributed by atoms with van der Waals surface area (Å²) < 4.78 is 21.1. The van der Waals surface area contributed by atoms with E-state index in [1.165, 1.54) is 19.1 Å². The zero-order chi connectivity index (χ0) is 19.7. The molecule has 6 nitrogen and oxygen atoms in total. The van der Waals surface area contributed by atoms with E-state index in [2.05, 4.69) is 5.16 Å². The zero-order valence-electron chi connectivity index (χ0n) is 15.0. The van der Waals surface area contributed by atoms with Gasteiger partial charge >= 0.3 is 5.69 Å². The summed E-state index contributed by atoms with van der Waals surface area (Å²) in [5, 5.41) is 15.8. The van der Waals surface area contributed by atoms with Crippen molar-refractivity contribution in [3.63, 3.8) is 0 Å². The number of benzene rings is 2. The Morgan fingerprint density at radius 1 is 1.18 bits per heavy atom. The Balaban J connectivity index is 1.75. The second-order valence-corrected chi connectivity index (χ2v) is 6.39. The summed E-state index contributed by atoms with van der Waals surface area (Å²) in [5.41, 5.74) is 2.45. The molecule has 0 aliphatic heterocycles. The molecule has 7 heteroatoms. The molecule has 0 radical (unpaired) electrons. The first kappa shape index (κ1) is 17.7. The molecule has 0 fully saturated rings. The standard InChI is InChI=1S/C21H16FN3O3/c1-14-21(25(26)27)20(28-23-14)11-10-15-12-24(19-9-5-3-7-17(15)19)13-16-6-2-4-8-18(16)22/h2-12H,13H2,1H3/b11-10+. The monoisotopic (exact) mass is 377 g/mol. The predicted octanol–water partition coefficient (Wildman–Crippen LogP) is 5.20. The normalized spacial score (nSPS) is 11.5. The zero-order valence-corrected chi connectivity index (χ0v) is 15.0. The van der Waals surface area contributed by atoms with Crippen LogP contribution < -0.4 is 0 Å². The molecule has 2 aromatic heterocycles. The van der Waals surface area contributed by atoms with Crippen LogP contribution in [0.2, 0.25) is 0 Å². The summed E-state index contributed by atoms with van der Waals surface area (Å²) in [6.45, 7) is 1.90. The number of halogens is 1. The number of nitro groups is 1. The summed E-state index contributed by atoms with van der Waals surface area (Å²) in [4.78, 5) is 10.7. The topological polar surface area (TPSA) is 74.1 Å². The molecule has 0 aliphatic carbocycles. The van der Waals surface area contributed by atoms with Gasteiger partial charge in [0.2, 0.25) is 5.76 Å². The fourth-order valence-corrected chi connectivity index (χ4v) is 3.23. The van der Waals surface area contributed by atoms with Crippen LogP contribution in [0.3, 0.4) is 0 Å². The molecule has 28 heavy (non-hydrogen) atoms. The number of nitrogens with zero attached hydrogens (tertiary/aromatic N) is 3. The molecule has 0 aliphatic rings. The van der Waals surface area contributed by atoms with Gasteiger partial charge in [-0.25, -0.2) is 4.39 Å². The largest absolute Gasteiger partial charge is 0.349 e. The van der Waals surface area contributed by atoms with Crippen molar-refractivity contribution in [1.29, 1.82) is 0 Å². The van der Waals surface area contributed by atoms with Crippen LogP contribution in [0.4, 0.5) is 10.1 Å². The van der Waals surface area contributed by atoms with Crippen LogP contribution >= 0.6 is 0 Å². The van der Waals surface area contributed by atoms with Crippen LogP contribution in [0.1, 0.15) is 22.6 Å². The van der Waals surface area contributed by atoms with Gasteiger partial charge in [0.1, 0.15) is 5.82 Å². The Labute approximate surface area is 159 Å². The van der Waals surface area contributed by atoms with Gasteiger partial charge in [-0.2, -0.15) is 0 Å². The van der Waals surface area contributed by atoms with E-state index in [0.29, 0.717) is 12.1 Å². The number of fused-ring (bicyclic) bond motifs is 1. The molecular formula is C21H16FN3O3. The van der Waals surface area contributed by atoms with Crippen LogP contribution in [0, 0.1) is 22.9 Å². The van der Waals surface area contributed by atoms with Crippen LogP contribution in [-0.2, 0) is 6.54 Å². The number of hydrogen-bond acceptors (Lipinski definition) is 4. The van der Waals surface area contributed by atoms with Gasteiger partial charge in [-0.1, -0.05) is 41.6 Å². The molecule has 0 atom stereocenters. The summed E-state index contributed by atoms with van der Waals surface area (Å²) in [5.74, 6) is -0.168. The lowest BCUT2D eigenvalue weighted by atomic mass is 10.1. The lowest BCUT2D eigenvalue weighted by Gasteiger charge is -2.06. The Hall–Kier alpha value is -3.74. The molecule has 0 saturated heterocycles. The number of aromatic nitrogens is 2. The minimum absolute atomic E-state index is 0.0911. The minimum atomic E-state index is -0.507. The maximum atomic E-state index is 14.1. The van der Waals surface area contributed by atoms with Crippen LogP contribution in [0.15, 0.2) is 59.3 Å². The lowest BCUT2D eigenvalue weighted by molar-refractivity contribution is -0.386. The average Bonchev–Trinajstić information content (AvgIpc) is 3.22. The summed E-state index contributed by atoms with van der Waals surface area (Å²) in [6, 6.07) is 14.4. The van der Waals surface area contributed by atoms with Crippen LogP contribution in [-0.4, -0.2) is 14.6 Å². The average molecular weight is 377 g/mol. The highest BCUT2D eigenvalue weighted by Gasteiger charge is 2.22. The molecule has 0 N–H and O–H groups in total. The quantitative estimate of drug-likeness (QED) is 0.354. The second kappa shape index (κ2) is 7.11. The molecule has 0 saturated carbocycles. The van der Waals surface area contributed by atoms with E-state index in [0.717, 1.165) is 16.5 Å². The summed E-state index contributed by atoms with van der Waals surface area (Å²) >= 11 is 0. The first-order chi connectivity index (χ1) is 13.5. The van der Waals surface area contributed by atoms with E-state index in [-0.39, 0.29) is 23.0 Å². The molecular weight excluding hydrogens is 361 g/mol. The van der Waals surface area contributed by atoms with Crippen LogP contribution in [0.25, 0.3) is 23.1 Å². The van der Waals surface area contributed by atoms with Gasteiger partial charge in [0, 0.05) is 28.2 Å². The summed E-state index contributed by atoms with van der Waals surface area (Å²) in [6.07, 6.45) is 5.17. The van der Waals surface area contributed by atoms with Crippen molar-refractivity contribution in [2.75, 3.05) is 0 Å². The first-order valence-electron chi connectivity index (χ1n) is 8.64. The highest BCUT2D eigenvalue weighted by Crippen LogP contribution is 2.28. The van der Waals surface area contributed by atoms with Crippen molar-refractivity contribution >= 4 is 28.7 Å². The number of rotatable bonds is 5. The molecule has 4 rings (SSSR count). The molecule has 140 valence electrons.